The van der Waals surface area contributed by atoms with Crippen LogP contribution in [0.4, 0.5) is 0 Å². The van der Waals surface area contributed by atoms with E-state index in [1.54, 1.807) is 6.07 Å². The molecule has 0 saturated carbocycles. The van der Waals surface area contributed by atoms with Crippen molar-refractivity contribution < 1.29 is 9.90 Å². The van der Waals surface area contributed by atoms with Crippen molar-refractivity contribution in [3.05, 3.63) is 34.6 Å². The smallest absolute Gasteiger partial charge is 0.328 e. The fourth-order valence-electron chi connectivity index (χ4n) is 2.19. The molecular formula is C14H15ClN2O2. The van der Waals surface area contributed by atoms with Crippen molar-refractivity contribution in [2.75, 3.05) is 0 Å². The zero-order valence-electron chi connectivity index (χ0n) is 11.0. The van der Waals surface area contributed by atoms with Crippen LogP contribution in [0.3, 0.4) is 0 Å². The van der Waals surface area contributed by atoms with Crippen LogP contribution in [0.2, 0.25) is 5.02 Å². The van der Waals surface area contributed by atoms with Gasteiger partial charge in [0.2, 0.25) is 0 Å². The number of carboxylic acids is 1. The minimum Gasteiger partial charge on any atom is -0.478 e. The molecule has 0 aliphatic heterocycles. The average molecular weight is 279 g/mol. The van der Waals surface area contributed by atoms with Gasteiger partial charge in [-0.2, -0.15) is 0 Å². The lowest BCUT2D eigenvalue weighted by Crippen LogP contribution is -2.04. The number of aliphatic carboxylic acids is 1. The largest absolute Gasteiger partial charge is 0.478 e. The summed E-state index contributed by atoms with van der Waals surface area (Å²) < 4.78 is 2.01. The summed E-state index contributed by atoms with van der Waals surface area (Å²) >= 11 is 6.03. The van der Waals surface area contributed by atoms with Crippen molar-refractivity contribution in [2.24, 2.45) is 0 Å². The number of hydrogen-bond donors (Lipinski definition) is 1. The molecule has 0 atom stereocenters. The van der Waals surface area contributed by atoms with Crippen LogP contribution in [0, 0.1) is 6.92 Å². The van der Waals surface area contributed by atoms with Crippen LogP contribution in [0.25, 0.3) is 17.1 Å². The van der Waals surface area contributed by atoms with Crippen molar-refractivity contribution in [2.45, 2.75) is 26.8 Å². The van der Waals surface area contributed by atoms with Gasteiger partial charge in [0, 0.05) is 17.1 Å². The van der Waals surface area contributed by atoms with Gasteiger partial charge in [0.1, 0.15) is 5.82 Å². The molecule has 0 fully saturated rings. The first kappa shape index (κ1) is 13.6. The van der Waals surface area contributed by atoms with Crippen molar-refractivity contribution in [1.29, 1.82) is 0 Å². The molecule has 100 valence electrons. The average Bonchev–Trinajstić information content (AvgIpc) is 2.64. The number of nitrogens with zero attached hydrogens (tertiary/aromatic N) is 2. The molecule has 1 N–H and O–H groups in total. The molecular weight excluding hydrogens is 264 g/mol. The minimum absolute atomic E-state index is 0.179. The van der Waals surface area contributed by atoms with Crippen LogP contribution in [-0.4, -0.2) is 20.6 Å². The first-order valence-corrected chi connectivity index (χ1v) is 6.37. The molecule has 2 rings (SSSR count). The lowest BCUT2D eigenvalue weighted by Gasteiger charge is -2.12. The Hall–Kier alpha value is -1.81. The van der Waals surface area contributed by atoms with Crippen molar-refractivity contribution in [3.63, 3.8) is 0 Å². The summed E-state index contributed by atoms with van der Waals surface area (Å²) in [5.41, 5.74) is 2.80. The first-order valence-electron chi connectivity index (χ1n) is 5.99. The van der Waals surface area contributed by atoms with E-state index in [-0.39, 0.29) is 6.04 Å². The number of carboxylic acid groups (broad SMARTS) is 1. The summed E-state index contributed by atoms with van der Waals surface area (Å²) in [6.45, 7) is 6.04. The van der Waals surface area contributed by atoms with E-state index in [0.717, 1.165) is 22.7 Å². The number of hydrogen-bond acceptors (Lipinski definition) is 2. The maximum atomic E-state index is 10.6. The number of aryl methyl sites for hydroxylation is 1. The van der Waals surface area contributed by atoms with Gasteiger partial charge in [0.15, 0.2) is 0 Å². The summed E-state index contributed by atoms with van der Waals surface area (Å²) in [5, 5.41) is 9.36. The summed E-state index contributed by atoms with van der Waals surface area (Å²) in [5.74, 6) is -0.366. The molecule has 1 aromatic carbocycles. The summed E-state index contributed by atoms with van der Waals surface area (Å²) in [6.07, 6.45) is 2.60. The number of imidazole rings is 1. The molecule has 0 aliphatic rings. The topological polar surface area (TPSA) is 55.1 Å². The molecule has 0 radical (unpaired) electrons. The highest BCUT2D eigenvalue weighted by Gasteiger charge is 2.14. The molecule has 4 nitrogen and oxygen atoms in total. The molecule has 1 aromatic heterocycles. The zero-order valence-corrected chi connectivity index (χ0v) is 11.8. The van der Waals surface area contributed by atoms with Gasteiger partial charge >= 0.3 is 5.97 Å². The van der Waals surface area contributed by atoms with E-state index in [2.05, 4.69) is 4.98 Å². The normalized spacial score (nSPS) is 11.8. The quantitative estimate of drug-likeness (QED) is 0.872. The highest BCUT2D eigenvalue weighted by atomic mass is 35.5. The Morgan fingerprint density at radius 1 is 1.47 bits per heavy atom. The SMILES string of the molecule is Cc1cc(Cl)cc2nc(/C=C/C(=O)O)n(C(C)C)c12. The van der Waals surface area contributed by atoms with E-state index in [4.69, 9.17) is 16.7 Å². The molecule has 0 saturated heterocycles. The van der Waals surface area contributed by atoms with E-state index >= 15 is 0 Å². The second kappa shape index (κ2) is 5.05. The van der Waals surface area contributed by atoms with Crippen LogP contribution in [0.5, 0.6) is 0 Å². The molecule has 0 aliphatic carbocycles. The summed E-state index contributed by atoms with van der Waals surface area (Å²) in [6, 6.07) is 3.86. The first-order chi connectivity index (χ1) is 8.90. The number of carbonyl (C=O) groups is 1. The van der Waals surface area contributed by atoms with Crippen LogP contribution in [0.15, 0.2) is 18.2 Å². The number of aromatic nitrogens is 2. The Morgan fingerprint density at radius 3 is 2.74 bits per heavy atom. The predicted molar refractivity (Wildman–Crippen MR) is 76.5 cm³/mol. The number of fused-ring (bicyclic) bond motifs is 1. The third kappa shape index (κ3) is 2.63. The van der Waals surface area contributed by atoms with Gasteiger partial charge in [-0.3, -0.25) is 0 Å². The Labute approximate surface area is 116 Å². The Morgan fingerprint density at radius 2 is 2.16 bits per heavy atom. The maximum Gasteiger partial charge on any atom is 0.328 e. The van der Waals surface area contributed by atoms with Crippen molar-refractivity contribution in [3.8, 4) is 0 Å². The van der Waals surface area contributed by atoms with E-state index < -0.39 is 5.97 Å². The standard InChI is InChI=1S/C14H15ClN2O2/c1-8(2)17-12(4-5-13(18)19)16-11-7-10(15)6-9(3)14(11)17/h4-8H,1-3H3,(H,18,19)/b5-4+. The van der Waals surface area contributed by atoms with E-state index in [1.807, 2.05) is 31.4 Å². The summed E-state index contributed by atoms with van der Waals surface area (Å²) in [7, 11) is 0. The van der Waals surface area contributed by atoms with Crippen LogP contribution in [0.1, 0.15) is 31.3 Å². The highest BCUT2D eigenvalue weighted by molar-refractivity contribution is 6.31. The Bertz CT molecular complexity index is 672. The predicted octanol–water partition coefficient (Wildman–Crippen LogP) is 3.68. The molecule has 5 heteroatoms. The van der Waals surface area contributed by atoms with Gasteiger partial charge in [-0.15, -0.1) is 0 Å². The van der Waals surface area contributed by atoms with Crippen LogP contribution in [-0.2, 0) is 4.79 Å². The lowest BCUT2D eigenvalue weighted by molar-refractivity contribution is -0.131. The van der Waals surface area contributed by atoms with Gasteiger partial charge in [0.25, 0.3) is 0 Å². The molecule has 19 heavy (non-hydrogen) atoms. The second-order valence-corrected chi connectivity index (χ2v) is 5.13. The number of halogens is 1. The van der Waals surface area contributed by atoms with Gasteiger partial charge in [-0.05, 0) is 44.5 Å². The molecule has 0 amide bonds. The Balaban J connectivity index is 2.74. The fourth-order valence-corrected chi connectivity index (χ4v) is 2.46. The lowest BCUT2D eigenvalue weighted by atomic mass is 10.2. The maximum absolute atomic E-state index is 10.6. The Kier molecular flexibility index (Phi) is 3.62. The van der Waals surface area contributed by atoms with Crippen LogP contribution >= 0.6 is 11.6 Å². The third-order valence-electron chi connectivity index (χ3n) is 2.86. The monoisotopic (exact) mass is 278 g/mol. The van der Waals surface area contributed by atoms with E-state index in [0.29, 0.717) is 10.8 Å². The fraction of sp³-hybridized carbons (Fsp3) is 0.286. The van der Waals surface area contributed by atoms with Gasteiger partial charge < -0.3 is 9.67 Å². The molecule has 0 unspecified atom stereocenters. The van der Waals surface area contributed by atoms with Crippen molar-refractivity contribution in [1.82, 2.24) is 9.55 Å². The van der Waals surface area contributed by atoms with Crippen LogP contribution < -0.4 is 0 Å². The van der Waals surface area contributed by atoms with Gasteiger partial charge in [-0.25, -0.2) is 9.78 Å². The number of rotatable bonds is 3. The molecule has 1 heterocycles. The van der Waals surface area contributed by atoms with Crippen molar-refractivity contribution >= 4 is 34.7 Å². The van der Waals surface area contributed by atoms with E-state index in [1.165, 1.54) is 6.08 Å². The second-order valence-electron chi connectivity index (χ2n) is 4.70. The molecule has 2 aromatic rings. The number of benzene rings is 1. The highest BCUT2D eigenvalue weighted by Crippen LogP contribution is 2.27. The van der Waals surface area contributed by atoms with Gasteiger partial charge in [0.05, 0.1) is 11.0 Å². The van der Waals surface area contributed by atoms with Gasteiger partial charge in [-0.1, -0.05) is 11.6 Å². The van der Waals surface area contributed by atoms with E-state index in [9.17, 15) is 4.79 Å². The minimum atomic E-state index is -0.989. The summed E-state index contributed by atoms with van der Waals surface area (Å²) in [4.78, 5) is 15.1. The zero-order chi connectivity index (χ0) is 14.2. The molecule has 0 bridgehead atoms. The molecule has 0 spiro atoms. The third-order valence-corrected chi connectivity index (χ3v) is 3.08.